The number of aromatic nitrogens is 3. The Kier molecular flexibility index (Phi) is 4.46. The average Bonchev–Trinajstić information content (AvgIpc) is 3.16. The molecule has 2 aliphatic rings. The van der Waals surface area contributed by atoms with Gasteiger partial charge in [-0.2, -0.15) is 0 Å². The zero-order valence-corrected chi connectivity index (χ0v) is 16.8. The number of hydrogen-bond acceptors (Lipinski definition) is 6. The summed E-state index contributed by atoms with van der Waals surface area (Å²) in [4.78, 5) is 18.9. The topological polar surface area (TPSA) is 66.3 Å². The number of rotatable bonds is 5. The van der Waals surface area contributed by atoms with Gasteiger partial charge in [-0.1, -0.05) is 19.4 Å². The Labute approximate surface area is 170 Å². The summed E-state index contributed by atoms with van der Waals surface area (Å²) in [7, 11) is 0. The number of aliphatic imine (C=N–C) groups is 1. The molecule has 0 spiro atoms. The fourth-order valence-corrected chi connectivity index (χ4v) is 4.05. The van der Waals surface area contributed by atoms with Crippen LogP contribution >= 0.6 is 0 Å². The van der Waals surface area contributed by atoms with E-state index in [1.54, 1.807) is 0 Å². The maximum Gasteiger partial charge on any atom is 0.168 e. The van der Waals surface area contributed by atoms with Crippen LogP contribution in [0.3, 0.4) is 0 Å². The number of amidine groups is 1. The summed E-state index contributed by atoms with van der Waals surface area (Å²) in [6, 6.07) is 10.4. The van der Waals surface area contributed by atoms with Crippen LogP contribution in [0.15, 0.2) is 47.7 Å². The summed E-state index contributed by atoms with van der Waals surface area (Å²) in [6.45, 7) is 4.25. The largest absolute Gasteiger partial charge is 0.284 e. The lowest BCUT2D eigenvalue weighted by molar-refractivity contribution is 0.276. The summed E-state index contributed by atoms with van der Waals surface area (Å²) >= 11 is 0. The molecule has 6 heteroatoms. The van der Waals surface area contributed by atoms with Crippen LogP contribution in [0.2, 0.25) is 0 Å². The van der Waals surface area contributed by atoms with Crippen molar-refractivity contribution >= 4 is 22.9 Å². The first kappa shape index (κ1) is 17.8. The van der Waals surface area contributed by atoms with Crippen LogP contribution in [0.25, 0.3) is 17.1 Å². The van der Waals surface area contributed by atoms with E-state index in [0.717, 1.165) is 65.2 Å². The summed E-state index contributed by atoms with van der Waals surface area (Å²) in [5.41, 5.74) is 11.0. The quantitative estimate of drug-likeness (QED) is 0.717. The van der Waals surface area contributed by atoms with Gasteiger partial charge < -0.3 is 0 Å². The number of pyridine rings is 3. The van der Waals surface area contributed by atoms with Crippen molar-refractivity contribution in [2.24, 2.45) is 4.99 Å². The molecule has 29 heavy (non-hydrogen) atoms. The fraction of sp³-hybridized carbons (Fsp3) is 0.304. The molecule has 1 N–H and O–H groups in total. The van der Waals surface area contributed by atoms with Crippen molar-refractivity contribution in [3.63, 3.8) is 0 Å². The lowest BCUT2D eigenvalue weighted by Gasteiger charge is -2.25. The zero-order chi connectivity index (χ0) is 19.8. The van der Waals surface area contributed by atoms with Crippen molar-refractivity contribution in [2.45, 2.75) is 45.7 Å². The molecule has 5 rings (SSSR count). The van der Waals surface area contributed by atoms with Crippen LogP contribution in [0.1, 0.15) is 54.1 Å². The highest BCUT2D eigenvalue weighted by Crippen LogP contribution is 2.32. The molecule has 0 aromatic carbocycles. The Hall–Kier alpha value is -3.28. The Bertz CT molecular complexity index is 1130. The molecule has 6 nitrogen and oxygen atoms in total. The minimum atomic E-state index is -0.0356. The number of fused-ring (bicyclic) bond motifs is 4. The first-order chi connectivity index (χ1) is 14.2. The lowest BCUT2D eigenvalue weighted by Crippen LogP contribution is -2.34. The second-order valence-electron chi connectivity index (χ2n) is 7.61. The van der Waals surface area contributed by atoms with Gasteiger partial charge >= 0.3 is 0 Å². The first-order valence-corrected chi connectivity index (χ1v) is 10.2. The maximum atomic E-state index is 4.94. The molecular formula is C23H24N6. The van der Waals surface area contributed by atoms with Gasteiger partial charge in [0.1, 0.15) is 5.84 Å². The monoisotopic (exact) mass is 384 g/mol. The second-order valence-corrected chi connectivity index (χ2v) is 7.61. The van der Waals surface area contributed by atoms with Gasteiger partial charge in [-0.25, -0.2) is 4.99 Å². The molecule has 3 aromatic rings. The average molecular weight is 384 g/mol. The third kappa shape index (κ3) is 3.35. The van der Waals surface area contributed by atoms with Gasteiger partial charge in [0.2, 0.25) is 0 Å². The van der Waals surface area contributed by atoms with Crippen molar-refractivity contribution < 1.29 is 0 Å². The van der Waals surface area contributed by atoms with Crippen LogP contribution in [0.4, 0.5) is 0 Å². The van der Waals surface area contributed by atoms with Gasteiger partial charge in [-0.05, 0) is 55.7 Å². The van der Waals surface area contributed by atoms with E-state index in [-0.39, 0.29) is 6.17 Å². The molecule has 0 amide bonds. The minimum absolute atomic E-state index is 0.0356. The SMILES string of the molecule is CCCc1cc(C)nc2ccc(CCC3=NC4c5cccnc5C=CN4N3)nc12. The Morgan fingerprint density at radius 3 is 2.93 bits per heavy atom. The fourth-order valence-electron chi connectivity index (χ4n) is 4.05. The van der Waals surface area contributed by atoms with E-state index in [1.165, 1.54) is 5.56 Å². The summed E-state index contributed by atoms with van der Waals surface area (Å²) in [6.07, 6.45) is 9.60. The minimum Gasteiger partial charge on any atom is -0.284 e. The van der Waals surface area contributed by atoms with Crippen LogP contribution in [0.5, 0.6) is 0 Å². The molecule has 0 saturated heterocycles. The van der Waals surface area contributed by atoms with Crippen molar-refractivity contribution in [1.29, 1.82) is 0 Å². The molecule has 0 fully saturated rings. The van der Waals surface area contributed by atoms with E-state index in [2.05, 4.69) is 46.6 Å². The van der Waals surface area contributed by atoms with E-state index in [4.69, 9.17) is 9.98 Å². The van der Waals surface area contributed by atoms with Crippen molar-refractivity contribution in [3.05, 3.63) is 70.9 Å². The van der Waals surface area contributed by atoms with E-state index in [9.17, 15) is 0 Å². The van der Waals surface area contributed by atoms with E-state index in [0.29, 0.717) is 0 Å². The van der Waals surface area contributed by atoms with E-state index >= 15 is 0 Å². The smallest absolute Gasteiger partial charge is 0.168 e. The van der Waals surface area contributed by atoms with Crippen LogP contribution < -0.4 is 5.43 Å². The molecule has 0 saturated carbocycles. The van der Waals surface area contributed by atoms with Gasteiger partial charge in [-0.15, -0.1) is 0 Å². The van der Waals surface area contributed by atoms with Crippen molar-refractivity contribution in [1.82, 2.24) is 25.4 Å². The number of hydrogen-bond donors (Lipinski definition) is 1. The predicted molar refractivity (Wildman–Crippen MR) is 115 cm³/mol. The van der Waals surface area contributed by atoms with Crippen LogP contribution in [-0.4, -0.2) is 25.8 Å². The Morgan fingerprint density at radius 2 is 2.03 bits per heavy atom. The Morgan fingerprint density at radius 1 is 1.10 bits per heavy atom. The number of nitrogens with one attached hydrogen (secondary N) is 1. The molecule has 0 bridgehead atoms. The number of nitrogens with zero attached hydrogens (tertiary/aromatic N) is 5. The molecule has 5 heterocycles. The van der Waals surface area contributed by atoms with Crippen molar-refractivity contribution in [2.75, 3.05) is 0 Å². The second kappa shape index (κ2) is 7.28. The van der Waals surface area contributed by atoms with Gasteiger partial charge in [0.05, 0.1) is 16.7 Å². The molecule has 1 unspecified atom stereocenters. The molecule has 1 atom stereocenters. The Balaban J connectivity index is 1.36. The highest BCUT2D eigenvalue weighted by atomic mass is 15.6. The molecule has 0 aliphatic carbocycles. The van der Waals surface area contributed by atoms with Crippen LogP contribution in [0, 0.1) is 6.92 Å². The zero-order valence-electron chi connectivity index (χ0n) is 16.8. The number of aryl methyl sites for hydroxylation is 3. The standard InChI is InChI=1S/C23H24N6/c1-3-5-16-14-15(2)25-20-9-7-17(26-22(16)20)8-10-21-27-23-18-6-4-12-24-19(18)11-13-29(23)28-21/h4,6-7,9,11-14,23H,3,5,8,10H2,1-2H3,(H,27,28). The van der Waals surface area contributed by atoms with Gasteiger partial charge in [0.15, 0.2) is 6.17 Å². The third-order valence-corrected chi connectivity index (χ3v) is 5.40. The maximum absolute atomic E-state index is 4.94. The van der Waals surface area contributed by atoms with Crippen molar-refractivity contribution in [3.8, 4) is 0 Å². The van der Waals surface area contributed by atoms with Gasteiger partial charge in [-0.3, -0.25) is 25.4 Å². The molecule has 3 aromatic heterocycles. The molecular weight excluding hydrogens is 360 g/mol. The summed E-state index contributed by atoms with van der Waals surface area (Å²) in [5.74, 6) is 0.981. The third-order valence-electron chi connectivity index (χ3n) is 5.40. The molecule has 2 aliphatic heterocycles. The number of hydrazine groups is 1. The van der Waals surface area contributed by atoms with Gasteiger partial charge in [0, 0.05) is 35.8 Å². The highest BCUT2D eigenvalue weighted by Gasteiger charge is 2.29. The van der Waals surface area contributed by atoms with Gasteiger partial charge in [0.25, 0.3) is 0 Å². The lowest BCUT2D eigenvalue weighted by atomic mass is 10.1. The molecule has 0 radical (unpaired) electrons. The first-order valence-electron chi connectivity index (χ1n) is 10.2. The van der Waals surface area contributed by atoms with E-state index in [1.807, 2.05) is 36.5 Å². The summed E-state index contributed by atoms with van der Waals surface area (Å²) < 4.78 is 0. The normalized spacial score (nSPS) is 17.1. The highest BCUT2D eigenvalue weighted by molar-refractivity contribution is 5.84. The molecule has 146 valence electrons. The van der Waals surface area contributed by atoms with Crippen LogP contribution in [-0.2, 0) is 12.8 Å². The van der Waals surface area contributed by atoms with E-state index < -0.39 is 0 Å². The summed E-state index contributed by atoms with van der Waals surface area (Å²) in [5, 5.41) is 2.04. The predicted octanol–water partition coefficient (Wildman–Crippen LogP) is 4.12.